The van der Waals surface area contributed by atoms with Gasteiger partial charge >= 0.3 is 6.01 Å². The first kappa shape index (κ1) is 18.7. The van der Waals surface area contributed by atoms with Crippen molar-refractivity contribution in [3.8, 4) is 11.7 Å². The molecule has 0 saturated heterocycles. The number of nitrogens with zero attached hydrogens (tertiary/aromatic N) is 5. The fourth-order valence-corrected chi connectivity index (χ4v) is 2.17. The highest BCUT2D eigenvalue weighted by Gasteiger charge is 2.28. The topological polar surface area (TPSA) is 65.7 Å². The second-order valence-electron chi connectivity index (χ2n) is 5.56. The van der Waals surface area contributed by atoms with Gasteiger partial charge in [-0.3, -0.25) is 0 Å². The summed E-state index contributed by atoms with van der Waals surface area (Å²) in [4.78, 5) is 7.24. The van der Waals surface area contributed by atoms with E-state index in [-0.39, 0.29) is 24.0 Å². The number of hydrogen-bond donors (Lipinski definition) is 0. The lowest BCUT2D eigenvalue weighted by atomic mass is 10.1. The van der Waals surface area contributed by atoms with Gasteiger partial charge in [-0.2, -0.15) is 4.98 Å². The normalized spacial score (nSPS) is 11.8. The highest BCUT2D eigenvalue weighted by Crippen LogP contribution is 2.30. The van der Waals surface area contributed by atoms with Crippen molar-refractivity contribution >= 4 is 0 Å². The van der Waals surface area contributed by atoms with E-state index < -0.39 is 29.4 Å². The molecule has 0 radical (unpaired) electrons. The van der Waals surface area contributed by atoms with Crippen LogP contribution in [0.4, 0.5) is 22.0 Å². The standard InChI is InChI=1S/C16H12F5N5O/c1-16(20,21)11-6-10(2-3-12(11)17)26-7-9(24-25-26)8-27-15-22-5-4-13(23-15)14(18)19/h2-7,14H,8H2,1H3. The van der Waals surface area contributed by atoms with Crippen LogP contribution >= 0.6 is 0 Å². The number of hydrogen-bond acceptors (Lipinski definition) is 5. The molecule has 11 heteroatoms. The highest BCUT2D eigenvalue weighted by molar-refractivity contribution is 5.37. The van der Waals surface area contributed by atoms with Gasteiger partial charge in [-0.25, -0.2) is 31.6 Å². The first-order valence-corrected chi connectivity index (χ1v) is 7.57. The molecule has 0 bridgehead atoms. The van der Waals surface area contributed by atoms with Crippen molar-refractivity contribution in [2.24, 2.45) is 0 Å². The number of halogens is 5. The SMILES string of the molecule is CC(F)(F)c1cc(-n2cc(COc3nccc(C(F)F)n3)nn2)ccc1F. The van der Waals surface area contributed by atoms with Crippen LogP contribution in [-0.4, -0.2) is 25.0 Å². The summed E-state index contributed by atoms with van der Waals surface area (Å²) in [5.74, 6) is -4.40. The van der Waals surface area contributed by atoms with Gasteiger partial charge in [0.15, 0.2) is 0 Å². The molecule has 0 spiro atoms. The van der Waals surface area contributed by atoms with Crippen molar-refractivity contribution < 1.29 is 26.7 Å². The molecule has 3 rings (SSSR count). The second kappa shape index (κ2) is 7.25. The zero-order valence-corrected chi connectivity index (χ0v) is 13.8. The number of aromatic nitrogens is 5. The van der Waals surface area contributed by atoms with Gasteiger partial charge in [-0.05, 0) is 24.3 Å². The molecule has 0 fully saturated rings. The minimum atomic E-state index is -3.36. The average Bonchev–Trinajstić information content (AvgIpc) is 3.08. The monoisotopic (exact) mass is 385 g/mol. The van der Waals surface area contributed by atoms with E-state index in [0.29, 0.717) is 6.92 Å². The first-order valence-electron chi connectivity index (χ1n) is 7.57. The molecule has 0 aliphatic carbocycles. The Morgan fingerprint density at radius 1 is 1.22 bits per heavy atom. The van der Waals surface area contributed by atoms with E-state index in [1.165, 1.54) is 12.3 Å². The summed E-state index contributed by atoms with van der Waals surface area (Å²) in [7, 11) is 0. The van der Waals surface area contributed by atoms with Crippen LogP contribution in [0.15, 0.2) is 36.7 Å². The zero-order valence-electron chi connectivity index (χ0n) is 13.8. The molecule has 0 amide bonds. The molecule has 27 heavy (non-hydrogen) atoms. The quantitative estimate of drug-likeness (QED) is 0.604. The van der Waals surface area contributed by atoms with Gasteiger partial charge in [0.1, 0.15) is 23.8 Å². The molecule has 0 saturated carbocycles. The van der Waals surface area contributed by atoms with Crippen LogP contribution in [-0.2, 0) is 12.5 Å². The van der Waals surface area contributed by atoms with Crippen LogP contribution in [0.25, 0.3) is 5.69 Å². The smallest absolute Gasteiger partial charge is 0.317 e. The molecule has 6 nitrogen and oxygen atoms in total. The van der Waals surface area contributed by atoms with E-state index in [1.54, 1.807) is 0 Å². The predicted octanol–water partition coefficient (Wildman–Crippen LogP) is 3.82. The average molecular weight is 385 g/mol. The molecule has 2 heterocycles. The molecule has 2 aromatic heterocycles. The Morgan fingerprint density at radius 3 is 2.70 bits per heavy atom. The van der Waals surface area contributed by atoms with Gasteiger partial charge in [-0.1, -0.05) is 5.21 Å². The summed E-state index contributed by atoms with van der Waals surface area (Å²) in [6, 6.07) is 3.92. The third kappa shape index (κ3) is 4.36. The third-order valence-electron chi connectivity index (χ3n) is 3.46. The highest BCUT2D eigenvalue weighted by atomic mass is 19.3. The van der Waals surface area contributed by atoms with Crippen molar-refractivity contribution in [3.63, 3.8) is 0 Å². The minimum absolute atomic E-state index is 0.169. The minimum Gasteiger partial charge on any atom is -0.457 e. The molecule has 3 aromatic rings. The second-order valence-corrected chi connectivity index (χ2v) is 5.56. The maximum atomic E-state index is 13.6. The van der Waals surface area contributed by atoms with E-state index in [2.05, 4.69) is 20.3 Å². The van der Waals surface area contributed by atoms with Crippen LogP contribution in [0.3, 0.4) is 0 Å². The van der Waals surface area contributed by atoms with Crippen LogP contribution in [0.2, 0.25) is 0 Å². The predicted molar refractivity (Wildman–Crippen MR) is 82.2 cm³/mol. The summed E-state index contributed by atoms with van der Waals surface area (Å²) in [6.07, 6.45) is -0.270. The third-order valence-corrected chi connectivity index (χ3v) is 3.46. The lowest BCUT2D eigenvalue weighted by molar-refractivity contribution is 0.0137. The Balaban J connectivity index is 1.75. The molecule has 142 valence electrons. The maximum Gasteiger partial charge on any atom is 0.317 e. The first-order chi connectivity index (χ1) is 12.7. The van der Waals surface area contributed by atoms with E-state index in [9.17, 15) is 22.0 Å². The Kier molecular flexibility index (Phi) is 5.02. The Hall–Kier alpha value is -3.11. The summed E-state index contributed by atoms with van der Waals surface area (Å²) >= 11 is 0. The zero-order chi connectivity index (χ0) is 19.6. The Morgan fingerprint density at radius 2 is 2.00 bits per heavy atom. The fraction of sp³-hybridized carbons (Fsp3) is 0.250. The van der Waals surface area contributed by atoms with Crippen molar-refractivity contribution in [1.29, 1.82) is 0 Å². The summed E-state index contributed by atoms with van der Waals surface area (Å²) in [5.41, 5.74) is -0.827. The van der Waals surface area contributed by atoms with E-state index >= 15 is 0 Å². The van der Waals surface area contributed by atoms with Crippen LogP contribution in [0.1, 0.15) is 30.3 Å². The molecule has 0 aliphatic rings. The Bertz CT molecular complexity index is 941. The van der Waals surface area contributed by atoms with Gasteiger partial charge < -0.3 is 4.74 Å². The van der Waals surface area contributed by atoms with Crippen LogP contribution < -0.4 is 4.74 Å². The fourth-order valence-electron chi connectivity index (χ4n) is 2.17. The van der Waals surface area contributed by atoms with Crippen molar-refractivity contribution in [2.75, 3.05) is 0 Å². The van der Waals surface area contributed by atoms with E-state index in [0.717, 1.165) is 29.1 Å². The van der Waals surface area contributed by atoms with Crippen LogP contribution in [0.5, 0.6) is 6.01 Å². The lowest BCUT2D eigenvalue weighted by Gasteiger charge is -2.12. The maximum absolute atomic E-state index is 13.6. The molecule has 0 unspecified atom stereocenters. The Labute approximate surface area is 149 Å². The summed E-state index contributed by atoms with van der Waals surface area (Å²) < 4.78 is 72.0. The number of rotatable bonds is 6. The van der Waals surface area contributed by atoms with Gasteiger partial charge in [0.25, 0.3) is 12.3 Å². The van der Waals surface area contributed by atoms with Gasteiger partial charge in [-0.15, -0.1) is 5.10 Å². The molecule has 0 N–H and O–H groups in total. The molecular weight excluding hydrogens is 373 g/mol. The van der Waals surface area contributed by atoms with Crippen molar-refractivity contribution in [2.45, 2.75) is 25.9 Å². The van der Waals surface area contributed by atoms with Crippen molar-refractivity contribution in [1.82, 2.24) is 25.0 Å². The lowest BCUT2D eigenvalue weighted by Crippen LogP contribution is -2.11. The molecule has 1 aromatic carbocycles. The van der Waals surface area contributed by atoms with E-state index in [4.69, 9.17) is 4.74 Å². The largest absolute Gasteiger partial charge is 0.457 e. The molecule has 0 aliphatic heterocycles. The van der Waals surface area contributed by atoms with E-state index in [1.807, 2.05) is 0 Å². The van der Waals surface area contributed by atoms with Crippen LogP contribution in [0, 0.1) is 5.82 Å². The summed E-state index contributed by atoms with van der Waals surface area (Å²) in [6.45, 7) is 0.397. The van der Waals surface area contributed by atoms with Gasteiger partial charge in [0, 0.05) is 13.1 Å². The van der Waals surface area contributed by atoms with Gasteiger partial charge in [0.2, 0.25) is 0 Å². The van der Waals surface area contributed by atoms with Gasteiger partial charge in [0.05, 0.1) is 17.4 Å². The molecular formula is C16H12F5N5O. The number of ether oxygens (including phenoxy) is 1. The molecule has 0 atom stereocenters. The number of alkyl halides is 4. The number of benzene rings is 1. The van der Waals surface area contributed by atoms with Crippen molar-refractivity contribution in [3.05, 3.63) is 59.4 Å². The summed E-state index contributed by atoms with van der Waals surface area (Å²) in [5, 5.41) is 7.54.